The molecule has 0 heterocycles. The van der Waals surface area contributed by atoms with E-state index in [4.69, 9.17) is 11.6 Å². The van der Waals surface area contributed by atoms with Gasteiger partial charge in [0.2, 0.25) is 0 Å². The summed E-state index contributed by atoms with van der Waals surface area (Å²) in [5.74, 6) is 0.438. The fourth-order valence-electron chi connectivity index (χ4n) is 2.05. The average Bonchev–Trinajstić information content (AvgIpc) is 2.40. The van der Waals surface area contributed by atoms with Gasteiger partial charge in [-0.3, -0.25) is 0 Å². The minimum atomic E-state index is -2.90. The number of hydrogen-bond donors (Lipinski definition) is 1. The van der Waals surface area contributed by atoms with Gasteiger partial charge in [-0.05, 0) is 43.1 Å². The van der Waals surface area contributed by atoms with E-state index < -0.39 is 9.84 Å². The largest absolute Gasteiger partial charge is 0.310 e. The molecule has 0 saturated carbocycles. The molecule has 1 aromatic rings. The van der Waals surface area contributed by atoms with Gasteiger partial charge in [-0.25, -0.2) is 8.42 Å². The number of benzene rings is 1. The fraction of sp³-hybridized carbons (Fsp3) is 0.571. The maximum atomic E-state index is 11.5. The molecule has 114 valence electrons. The molecule has 6 heteroatoms. The lowest BCUT2D eigenvalue weighted by Gasteiger charge is -2.20. The summed E-state index contributed by atoms with van der Waals surface area (Å²) in [6.07, 6.45) is 1.39. The summed E-state index contributed by atoms with van der Waals surface area (Å²) in [7, 11) is -2.90. The molecule has 0 aliphatic heterocycles. The zero-order valence-corrected chi connectivity index (χ0v) is 15.0. The molecule has 1 unspecified atom stereocenters. The first kappa shape index (κ1) is 18.0. The lowest BCUT2D eigenvalue weighted by atomic mass is 10.0. The molecule has 1 rings (SSSR count). The first-order valence-corrected chi connectivity index (χ1v) is 9.77. The van der Waals surface area contributed by atoms with Gasteiger partial charge in [-0.2, -0.15) is 0 Å². The van der Waals surface area contributed by atoms with Gasteiger partial charge >= 0.3 is 0 Å². The quantitative estimate of drug-likeness (QED) is 0.740. The third-order valence-electron chi connectivity index (χ3n) is 3.17. The fourth-order valence-corrected chi connectivity index (χ4v) is 3.57. The van der Waals surface area contributed by atoms with Crippen molar-refractivity contribution in [2.75, 3.05) is 18.1 Å². The van der Waals surface area contributed by atoms with E-state index in [1.807, 2.05) is 25.1 Å². The molecule has 0 aromatic heterocycles. The second-order valence-corrected chi connectivity index (χ2v) is 8.45. The predicted molar refractivity (Wildman–Crippen MR) is 89.1 cm³/mol. The Morgan fingerprint density at radius 1 is 1.35 bits per heavy atom. The van der Waals surface area contributed by atoms with E-state index in [1.54, 1.807) is 6.92 Å². The van der Waals surface area contributed by atoms with Gasteiger partial charge in [0.05, 0.1) is 5.75 Å². The van der Waals surface area contributed by atoms with Crippen LogP contribution in [0.3, 0.4) is 0 Å². The van der Waals surface area contributed by atoms with E-state index in [0.717, 1.165) is 23.0 Å². The van der Waals surface area contributed by atoms with E-state index in [2.05, 4.69) is 21.2 Å². The van der Waals surface area contributed by atoms with Gasteiger partial charge in [-0.1, -0.05) is 41.4 Å². The minimum Gasteiger partial charge on any atom is -0.310 e. The summed E-state index contributed by atoms with van der Waals surface area (Å²) in [6.45, 7) is 4.53. The highest BCUT2D eigenvalue weighted by molar-refractivity contribution is 9.10. The van der Waals surface area contributed by atoms with Gasteiger partial charge in [0.15, 0.2) is 0 Å². The molecule has 0 aliphatic carbocycles. The summed E-state index contributed by atoms with van der Waals surface area (Å²) in [6, 6.07) is 5.83. The Labute approximate surface area is 135 Å². The number of sulfone groups is 1. The third-order valence-corrected chi connectivity index (χ3v) is 5.80. The van der Waals surface area contributed by atoms with Crippen LogP contribution in [0.2, 0.25) is 5.02 Å². The highest BCUT2D eigenvalue weighted by Gasteiger charge is 2.16. The SMILES string of the molecule is CCNC(CCCS(=O)(=O)CC)c1cc(Br)ccc1Cl. The molecule has 1 aromatic carbocycles. The van der Waals surface area contributed by atoms with Crippen molar-refractivity contribution in [1.29, 1.82) is 0 Å². The van der Waals surface area contributed by atoms with Crippen molar-refractivity contribution < 1.29 is 8.42 Å². The second kappa shape index (κ2) is 8.37. The summed E-state index contributed by atoms with van der Waals surface area (Å²) in [5.41, 5.74) is 1.01. The van der Waals surface area contributed by atoms with Crippen LogP contribution in [0.15, 0.2) is 22.7 Å². The third kappa shape index (κ3) is 5.72. The molecule has 1 atom stereocenters. The van der Waals surface area contributed by atoms with Gasteiger partial charge in [-0.15, -0.1) is 0 Å². The topological polar surface area (TPSA) is 46.2 Å². The van der Waals surface area contributed by atoms with Crippen molar-refractivity contribution in [2.24, 2.45) is 0 Å². The number of halogens is 2. The van der Waals surface area contributed by atoms with Crippen LogP contribution in [0.1, 0.15) is 38.3 Å². The van der Waals surface area contributed by atoms with E-state index in [1.165, 1.54) is 0 Å². The molecule has 0 amide bonds. The van der Waals surface area contributed by atoms with Crippen molar-refractivity contribution in [2.45, 2.75) is 32.7 Å². The van der Waals surface area contributed by atoms with Crippen LogP contribution in [-0.4, -0.2) is 26.5 Å². The van der Waals surface area contributed by atoms with E-state index in [0.29, 0.717) is 11.4 Å². The molecule has 3 nitrogen and oxygen atoms in total. The van der Waals surface area contributed by atoms with E-state index >= 15 is 0 Å². The normalized spacial score (nSPS) is 13.4. The van der Waals surface area contributed by atoms with Crippen molar-refractivity contribution in [3.8, 4) is 0 Å². The Morgan fingerprint density at radius 3 is 2.65 bits per heavy atom. The Kier molecular flexibility index (Phi) is 7.51. The molecule has 0 radical (unpaired) electrons. The zero-order chi connectivity index (χ0) is 15.2. The van der Waals surface area contributed by atoms with E-state index in [-0.39, 0.29) is 17.5 Å². The summed E-state index contributed by atoms with van der Waals surface area (Å²) in [5, 5.41) is 4.08. The minimum absolute atomic E-state index is 0.0806. The Bertz CT molecular complexity index is 534. The molecule has 0 bridgehead atoms. The molecule has 20 heavy (non-hydrogen) atoms. The first-order valence-electron chi connectivity index (χ1n) is 6.78. The number of nitrogens with one attached hydrogen (secondary N) is 1. The van der Waals surface area contributed by atoms with Crippen LogP contribution < -0.4 is 5.32 Å². The lowest BCUT2D eigenvalue weighted by molar-refractivity contribution is 0.506. The molecule has 0 spiro atoms. The van der Waals surface area contributed by atoms with Crippen LogP contribution in [0.5, 0.6) is 0 Å². The maximum absolute atomic E-state index is 11.5. The Morgan fingerprint density at radius 2 is 2.05 bits per heavy atom. The molecular formula is C14H21BrClNO2S. The second-order valence-electron chi connectivity index (χ2n) is 4.65. The maximum Gasteiger partial charge on any atom is 0.150 e. The van der Waals surface area contributed by atoms with Crippen LogP contribution in [-0.2, 0) is 9.84 Å². The van der Waals surface area contributed by atoms with E-state index in [9.17, 15) is 8.42 Å². The zero-order valence-electron chi connectivity index (χ0n) is 11.8. The standard InChI is InChI=1S/C14H21BrClNO2S/c1-3-17-14(6-5-9-20(18,19)4-2)12-10-11(15)7-8-13(12)16/h7-8,10,14,17H,3-6,9H2,1-2H3. The average molecular weight is 383 g/mol. The summed E-state index contributed by atoms with van der Waals surface area (Å²) < 4.78 is 24.1. The van der Waals surface area contributed by atoms with Gasteiger partial charge < -0.3 is 5.32 Å². The monoisotopic (exact) mass is 381 g/mol. The Balaban J connectivity index is 2.76. The Hall–Kier alpha value is -0.100. The number of hydrogen-bond acceptors (Lipinski definition) is 3. The van der Waals surface area contributed by atoms with Crippen molar-refractivity contribution >= 4 is 37.4 Å². The molecule has 0 fully saturated rings. The van der Waals surface area contributed by atoms with Crippen LogP contribution >= 0.6 is 27.5 Å². The van der Waals surface area contributed by atoms with Crippen LogP contribution in [0, 0.1) is 0 Å². The molecule has 1 N–H and O–H groups in total. The van der Waals surface area contributed by atoms with Gasteiger partial charge in [0.25, 0.3) is 0 Å². The highest BCUT2D eigenvalue weighted by atomic mass is 79.9. The highest BCUT2D eigenvalue weighted by Crippen LogP contribution is 2.29. The van der Waals surface area contributed by atoms with Gasteiger partial charge in [0.1, 0.15) is 9.84 Å². The van der Waals surface area contributed by atoms with Crippen molar-refractivity contribution in [1.82, 2.24) is 5.32 Å². The summed E-state index contributed by atoms with van der Waals surface area (Å²) >= 11 is 9.69. The van der Waals surface area contributed by atoms with Crippen molar-refractivity contribution in [3.05, 3.63) is 33.3 Å². The van der Waals surface area contributed by atoms with Crippen LogP contribution in [0.25, 0.3) is 0 Å². The lowest BCUT2D eigenvalue weighted by Crippen LogP contribution is -2.22. The smallest absolute Gasteiger partial charge is 0.150 e. The van der Waals surface area contributed by atoms with Crippen molar-refractivity contribution in [3.63, 3.8) is 0 Å². The van der Waals surface area contributed by atoms with Gasteiger partial charge in [0, 0.05) is 21.3 Å². The first-order chi connectivity index (χ1) is 9.39. The van der Waals surface area contributed by atoms with Crippen LogP contribution in [0.4, 0.5) is 0 Å². The predicted octanol–water partition coefficient (Wildman–Crippen LogP) is 3.97. The molecule has 0 aliphatic rings. The number of rotatable bonds is 8. The molecular weight excluding hydrogens is 362 g/mol. The summed E-state index contributed by atoms with van der Waals surface area (Å²) in [4.78, 5) is 0. The molecule has 0 saturated heterocycles.